The van der Waals surface area contributed by atoms with Crippen LogP contribution in [-0.4, -0.2) is 25.5 Å². The summed E-state index contributed by atoms with van der Waals surface area (Å²) in [4.78, 5) is 12.0. The van der Waals surface area contributed by atoms with Gasteiger partial charge >= 0.3 is 5.97 Å². The molecular weight excluding hydrogens is 460 g/mol. The van der Waals surface area contributed by atoms with E-state index >= 15 is 0 Å². The predicted octanol–water partition coefficient (Wildman–Crippen LogP) is 8.73. The van der Waals surface area contributed by atoms with Crippen LogP contribution in [0.25, 0.3) is 0 Å². The Hall–Kier alpha value is -1.65. The summed E-state index contributed by atoms with van der Waals surface area (Å²) in [5.74, 6) is -0.354. The molecule has 37 heavy (non-hydrogen) atoms. The van der Waals surface area contributed by atoms with Gasteiger partial charge < -0.3 is 14.2 Å². The molecule has 0 aromatic heterocycles. The molecule has 3 saturated carbocycles. The maximum Gasteiger partial charge on any atom is 0.332 e. The largest absolute Gasteiger partial charge is 0.430 e. The lowest BCUT2D eigenvalue weighted by Gasteiger charge is -2.54. The standard InChI is InChI=1S/C33H50O4/c1-3-5-7-9-11-13-30(34)37-31-26-35-29(25-36-31)27-14-16-28(17-15-27)33-22-19-32(20-23-33,21-24-33)18-12-10-8-6-4-2/h11,13-17,29,31H,3-10,12,18-26H2,1-2H3/t29-,31-,32?,33?/m1/s1. The molecule has 0 spiro atoms. The maximum absolute atomic E-state index is 12.0. The number of ether oxygens (including phenoxy) is 3. The van der Waals surface area contributed by atoms with Crippen molar-refractivity contribution in [3.63, 3.8) is 0 Å². The zero-order valence-corrected chi connectivity index (χ0v) is 23.5. The lowest BCUT2D eigenvalue weighted by Crippen LogP contribution is -2.44. The molecule has 1 saturated heterocycles. The second-order valence-corrected chi connectivity index (χ2v) is 12.0. The first-order valence-electron chi connectivity index (χ1n) is 15.3. The van der Waals surface area contributed by atoms with Gasteiger partial charge in [-0.2, -0.15) is 0 Å². The summed E-state index contributed by atoms with van der Waals surface area (Å²) in [5.41, 5.74) is 3.69. The quantitative estimate of drug-likeness (QED) is 0.143. The van der Waals surface area contributed by atoms with E-state index in [1.165, 1.54) is 102 Å². The minimum atomic E-state index is -0.626. The van der Waals surface area contributed by atoms with Crippen LogP contribution in [0.2, 0.25) is 0 Å². The van der Waals surface area contributed by atoms with E-state index in [9.17, 15) is 4.79 Å². The molecule has 0 unspecified atom stereocenters. The number of esters is 1. The minimum absolute atomic E-state index is 0.107. The van der Waals surface area contributed by atoms with E-state index in [0.717, 1.165) is 18.4 Å². The second-order valence-electron chi connectivity index (χ2n) is 12.0. The Kier molecular flexibility index (Phi) is 10.7. The highest BCUT2D eigenvalue weighted by Gasteiger charge is 2.48. The van der Waals surface area contributed by atoms with E-state index in [1.54, 1.807) is 0 Å². The average Bonchev–Trinajstić information content (AvgIpc) is 2.94. The van der Waals surface area contributed by atoms with E-state index in [1.807, 2.05) is 6.08 Å². The summed E-state index contributed by atoms with van der Waals surface area (Å²) < 4.78 is 17.2. The number of rotatable bonds is 14. The van der Waals surface area contributed by atoms with E-state index < -0.39 is 6.29 Å². The molecule has 2 atom stereocenters. The van der Waals surface area contributed by atoms with Crippen molar-refractivity contribution >= 4 is 5.97 Å². The fraction of sp³-hybridized carbons (Fsp3) is 0.727. The van der Waals surface area contributed by atoms with Crippen LogP contribution in [0.3, 0.4) is 0 Å². The maximum atomic E-state index is 12.0. The van der Waals surface area contributed by atoms with Gasteiger partial charge in [0, 0.05) is 6.08 Å². The molecule has 1 heterocycles. The molecule has 0 N–H and O–H groups in total. The summed E-state index contributed by atoms with van der Waals surface area (Å²) in [5, 5.41) is 0. The monoisotopic (exact) mass is 510 g/mol. The third kappa shape index (κ3) is 7.69. The first kappa shape index (κ1) is 28.4. The van der Waals surface area contributed by atoms with E-state index in [2.05, 4.69) is 38.1 Å². The molecule has 4 fully saturated rings. The van der Waals surface area contributed by atoms with Gasteiger partial charge in [-0.1, -0.05) is 89.1 Å². The Morgan fingerprint density at radius 3 is 2.19 bits per heavy atom. The van der Waals surface area contributed by atoms with Crippen molar-refractivity contribution in [3.05, 3.63) is 47.5 Å². The van der Waals surface area contributed by atoms with Crippen molar-refractivity contribution in [2.45, 2.75) is 134 Å². The molecule has 206 valence electrons. The van der Waals surface area contributed by atoms with Crippen molar-refractivity contribution in [1.82, 2.24) is 0 Å². The highest BCUT2D eigenvalue weighted by Crippen LogP contribution is 2.59. The summed E-state index contributed by atoms with van der Waals surface area (Å²) >= 11 is 0. The van der Waals surface area contributed by atoms with Crippen LogP contribution in [0, 0.1) is 5.41 Å². The predicted molar refractivity (Wildman–Crippen MR) is 149 cm³/mol. The van der Waals surface area contributed by atoms with Crippen molar-refractivity contribution in [1.29, 1.82) is 0 Å². The van der Waals surface area contributed by atoms with Crippen molar-refractivity contribution in [2.75, 3.05) is 13.2 Å². The van der Waals surface area contributed by atoms with Gasteiger partial charge in [0.15, 0.2) is 0 Å². The fourth-order valence-electron chi connectivity index (χ4n) is 6.83. The topological polar surface area (TPSA) is 44.8 Å². The van der Waals surface area contributed by atoms with Crippen LogP contribution in [0.5, 0.6) is 0 Å². The molecule has 3 aliphatic carbocycles. The number of carbonyl (C=O) groups is 1. The highest BCUT2D eigenvalue weighted by atomic mass is 16.7. The Morgan fingerprint density at radius 2 is 1.54 bits per heavy atom. The Bertz CT molecular complexity index is 825. The lowest BCUT2D eigenvalue weighted by molar-refractivity contribution is -0.230. The van der Waals surface area contributed by atoms with Crippen molar-refractivity contribution in [2.24, 2.45) is 5.41 Å². The zero-order chi connectivity index (χ0) is 26.0. The number of unbranched alkanes of at least 4 members (excludes halogenated alkanes) is 7. The summed E-state index contributed by atoms with van der Waals surface area (Å²) in [7, 11) is 0. The Labute approximate surface area is 225 Å². The number of hydrogen-bond donors (Lipinski definition) is 0. The third-order valence-electron chi connectivity index (χ3n) is 9.45. The van der Waals surface area contributed by atoms with E-state index in [0.29, 0.717) is 17.4 Å². The van der Waals surface area contributed by atoms with Gasteiger partial charge in [-0.05, 0) is 79.7 Å². The van der Waals surface area contributed by atoms with Crippen molar-refractivity contribution in [3.8, 4) is 0 Å². The smallest absolute Gasteiger partial charge is 0.332 e. The molecule has 4 heteroatoms. The van der Waals surface area contributed by atoms with Crippen LogP contribution < -0.4 is 0 Å². The zero-order valence-electron chi connectivity index (χ0n) is 23.5. The van der Waals surface area contributed by atoms with Gasteiger partial charge in [0.2, 0.25) is 6.29 Å². The molecule has 0 radical (unpaired) electrons. The van der Waals surface area contributed by atoms with Gasteiger partial charge in [-0.15, -0.1) is 0 Å². The minimum Gasteiger partial charge on any atom is -0.430 e. The third-order valence-corrected chi connectivity index (χ3v) is 9.45. The van der Waals surface area contributed by atoms with Gasteiger partial charge in [0.25, 0.3) is 0 Å². The molecule has 0 amide bonds. The van der Waals surface area contributed by atoms with Gasteiger partial charge in [0.1, 0.15) is 12.7 Å². The molecule has 1 aromatic carbocycles. The average molecular weight is 511 g/mol. The lowest BCUT2D eigenvalue weighted by atomic mass is 9.51. The van der Waals surface area contributed by atoms with Crippen LogP contribution in [0.15, 0.2) is 36.4 Å². The van der Waals surface area contributed by atoms with Crippen LogP contribution in [0.1, 0.15) is 134 Å². The normalized spacial score (nSPS) is 29.6. The number of fused-ring (bicyclic) bond motifs is 3. The van der Waals surface area contributed by atoms with Crippen LogP contribution in [-0.2, 0) is 24.4 Å². The summed E-state index contributed by atoms with van der Waals surface area (Å²) in [6.07, 6.45) is 23.8. The number of benzene rings is 1. The van der Waals surface area contributed by atoms with E-state index in [-0.39, 0.29) is 18.7 Å². The van der Waals surface area contributed by atoms with E-state index in [4.69, 9.17) is 14.2 Å². The molecular formula is C33H50O4. The molecule has 4 nitrogen and oxygen atoms in total. The highest BCUT2D eigenvalue weighted by molar-refractivity contribution is 5.81. The number of carbonyl (C=O) groups excluding carboxylic acids is 1. The molecule has 1 aliphatic heterocycles. The van der Waals surface area contributed by atoms with Crippen molar-refractivity contribution < 1.29 is 19.0 Å². The molecule has 4 aliphatic rings. The Morgan fingerprint density at radius 1 is 0.865 bits per heavy atom. The molecule has 2 bridgehead atoms. The molecule has 1 aromatic rings. The van der Waals surface area contributed by atoms with Crippen LogP contribution >= 0.6 is 0 Å². The van der Waals surface area contributed by atoms with Gasteiger partial charge in [-0.25, -0.2) is 4.79 Å². The summed E-state index contributed by atoms with van der Waals surface area (Å²) in [6, 6.07) is 9.15. The molecule has 5 rings (SSSR count). The van der Waals surface area contributed by atoms with Gasteiger partial charge in [-0.3, -0.25) is 0 Å². The summed E-state index contributed by atoms with van der Waals surface area (Å²) in [6.45, 7) is 5.15. The number of hydrogen-bond acceptors (Lipinski definition) is 4. The van der Waals surface area contributed by atoms with Crippen LogP contribution in [0.4, 0.5) is 0 Å². The fourth-order valence-corrected chi connectivity index (χ4v) is 6.83. The second kappa shape index (κ2) is 13.9. The Balaban J connectivity index is 1.20. The SMILES string of the molecule is CCCCCC=CC(=O)O[C@@H]1CO[C@@H](c2ccc(C34CCC(CCCCCCC)(CC3)CC4)cc2)CO1. The first-order valence-corrected chi connectivity index (χ1v) is 15.3. The number of allylic oxidation sites excluding steroid dienone is 1. The van der Waals surface area contributed by atoms with Gasteiger partial charge in [0.05, 0.1) is 6.61 Å². The first-order chi connectivity index (χ1) is 18.1.